The molecule has 0 fully saturated rings. The Morgan fingerprint density at radius 3 is 2.63 bits per heavy atom. The summed E-state index contributed by atoms with van der Waals surface area (Å²) in [6.45, 7) is 2.62. The van der Waals surface area contributed by atoms with Gasteiger partial charge in [0.05, 0.1) is 9.35 Å². The molecule has 0 radical (unpaired) electrons. The van der Waals surface area contributed by atoms with Gasteiger partial charge in [0.25, 0.3) is 5.91 Å². The summed E-state index contributed by atoms with van der Waals surface area (Å²) in [6.07, 6.45) is 0. The molecule has 19 heavy (non-hydrogen) atoms. The van der Waals surface area contributed by atoms with Crippen molar-refractivity contribution >= 4 is 49.1 Å². The van der Waals surface area contributed by atoms with E-state index in [1.54, 1.807) is 16.2 Å². The van der Waals surface area contributed by atoms with Gasteiger partial charge in [0.1, 0.15) is 0 Å². The van der Waals surface area contributed by atoms with E-state index in [0.717, 1.165) is 19.4 Å². The van der Waals surface area contributed by atoms with Crippen LogP contribution in [0.25, 0.3) is 0 Å². The molecule has 0 aliphatic rings. The number of aryl methyl sites for hydroxylation is 1. The van der Waals surface area contributed by atoms with Gasteiger partial charge in [-0.3, -0.25) is 4.79 Å². The van der Waals surface area contributed by atoms with Crippen molar-refractivity contribution in [3.8, 4) is 0 Å². The van der Waals surface area contributed by atoms with Gasteiger partial charge >= 0.3 is 0 Å². The van der Waals surface area contributed by atoms with Crippen LogP contribution in [0, 0.1) is 6.92 Å². The molecule has 2 aromatic rings. The maximum atomic E-state index is 12.4. The maximum Gasteiger partial charge on any atom is 0.255 e. The molecule has 2 rings (SSSR count). The first kappa shape index (κ1) is 14.8. The molecule has 5 heteroatoms. The summed E-state index contributed by atoms with van der Waals surface area (Å²) in [5.74, 6) is 0.0224. The first-order valence-electron chi connectivity index (χ1n) is 5.72. The summed E-state index contributed by atoms with van der Waals surface area (Å²) in [4.78, 5) is 14.1. The van der Waals surface area contributed by atoms with Crippen LogP contribution in [-0.4, -0.2) is 17.9 Å². The van der Waals surface area contributed by atoms with Gasteiger partial charge < -0.3 is 4.90 Å². The normalized spacial score (nSPS) is 10.5. The standard InChI is InChI=1S/C14H13Br2NOS/c1-9-3-4-11(12(15)5-9)14(18)17(2)7-10-6-13(16)19-8-10/h3-6,8H,7H2,1-2H3. The molecule has 0 atom stereocenters. The molecule has 0 unspecified atom stereocenters. The van der Waals surface area contributed by atoms with E-state index in [-0.39, 0.29) is 5.91 Å². The second-order valence-corrected chi connectivity index (χ2v) is 7.55. The predicted octanol–water partition coefficient (Wildman–Crippen LogP) is 4.85. The molecule has 0 saturated heterocycles. The number of amides is 1. The van der Waals surface area contributed by atoms with Crippen molar-refractivity contribution in [1.29, 1.82) is 0 Å². The average Bonchev–Trinajstić information content (AvgIpc) is 2.74. The van der Waals surface area contributed by atoms with Crippen LogP contribution in [0.1, 0.15) is 21.5 Å². The Bertz CT molecular complexity index is 609. The molecule has 1 aromatic heterocycles. The Morgan fingerprint density at radius 2 is 2.05 bits per heavy atom. The van der Waals surface area contributed by atoms with Crippen LogP contribution in [0.5, 0.6) is 0 Å². The molecule has 0 aliphatic carbocycles. The second kappa shape index (κ2) is 6.20. The number of hydrogen-bond acceptors (Lipinski definition) is 2. The van der Waals surface area contributed by atoms with Gasteiger partial charge in [0, 0.05) is 18.1 Å². The van der Waals surface area contributed by atoms with Crippen molar-refractivity contribution in [1.82, 2.24) is 4.90 Å². The van der Waals surface area contributed by atoms with Crippen LogP contribution in [0.3, 0.4) is 0 Å². The van der Waals surface area contributed by atoms with Crippen molar-refractivity contribution in [3.63, 3.8) is 0 Å². The number of benzene rings is 1. The highest BCUT2D eigenvalue weighted by Gasteiger charge is 2.15. The van der Waals surface area contributed by atoms with E-state index in [1.165, 1.54) is 0 Å². The minimum atomic E-state index is 0.0224. The minimum Gasteiger partial charge on any atom is -0.337 e. The average molecular weight is 403 g/mol. The molecule has 2 nitrogen and oxygen atoms in total. The van der Waals surface area contributed by atoms with Crippen LogP contribution in [-0.2, 0) is 6.54 Å². The molecule has 1 amide bonds. The van der Waals surface area contributed by atoms with E-state index in [4.69, 9.17) is 0 Å². The number of rotatable bonds is 3. The molecule has 100 valence electrons. The van der Waals surface area contributed by atoms with E-state index in [2.05, 4.69) is 37.2 Å². The lowest BCUT2D eigenvalue weighted by Gasteiger charge is -2.17. The molecule has 0 saturated carbocycles. The zero-order valence-corrected chi connectivity index (χ0v) is 14.6. The SMILES string of the molecule is Cc1ccc(C(=O)N(C)Cc2csc(Br)c2)c(Br)c1. The highest BCUT2D eigenvalue weighted by molar-refractivity contribution is 9.11. The highest BCUT2D eigenvalue weighted by atomic mass is 79.9. The number of nitrogens with zero attached hydrogens (tertiary/aromatic N) is 1. The summed E-state index contributed by atoms with van der Waals surface area (Å²) in [5.41, 5.74) is 2.96. The first-order valence-corrected chi connectivity index (χ1v) is 8.18. The van der Waals surface area contributed by atoms with Crippen molar-refractivity contribution in [2.45, 2.75) is 13.5 Å². The summed E-state index contributed by atoms with van der Waals surface area (Å²) < 4.78 is 1.93. The largest absolute Gasteiger partial charge is 0.337 e. The molecule has 0 aliphatic heterocycles. The first-order chi connectivity index (χ1) is 8.97. The minimum absolute atomic E-state index is 0.0224. The fourth-order valence-corrected chi connectivity index (χ4v) is 3.64. The second-order valence-electron chi connectivity index (χ2n) is 4.40. The van der Waals surface area contributed by atoms with Crippen LogP contribution < -0.4 is 0 Å². The van der Waals surface area contributed by atoms with Crippen LogP contribution in [0.2, 0.25) is 0 Å². The van der Waals surface area contributed by atoms with Crippen molar-refractivity contribution in [2.24, 2.45) is 0 Å². The van der Waals surface area contributed by atoms with E-state index < -0.39 is 0 Å². The number of halogens is 2. The van der Waals surface area contributed by atoms with E-state index in [1.807, 2.05) is 38.2 Å². The third kappa shape index (κ3) is 3.68. The monoisotopic (exact) mass is 401 g/mol. The number of carbonyl (C=O) groups excluding carboxylic acids is 1. The molecule has 1 heterocycles. The topological polar surface area (TPSA) is 20.3 Å². The van der Waals surface area contributed by atoms with Gasteiger partial charge in [-0.1, -0.05) is 6.07 Å². The molecular formula is C14H13Br2NOS. The molecule has 0 bridgehead atoms. The van der Waals surface area contributed by atoms with Crippen molar-refractivity contribution in [2.75, 3.05) is 7.05 Å². The highest BCUT2D eigenvalue weighted by Crippen LogP contribution is 2.23. The van der Waals surface area contributed by atoms with Gasteiger partial charge in [0.2, 0.25) is 0 Å². The van der Waals surface area contributed by atoms with E-state index in [9.17, 15) is 4.79 Å². The van der Waals surface area contributed by atoms with Crippen LogP contribution >= 0.6 is 43.2 Å². The maximum absolute atomic E-state index is 12.4. The smallest absolute Gasteiger partial charge is 0.255 e. The zero-order chi connectivity index (χ0) is 14.0. The van der Waals surface area contributed by atoms with Crippen LogP contribution in [0.15, 0.2) is 37.9 Å². The van der Waals surface area contributed by atoms with Gasteiger partial charge in [-0.25, -0.2) is 0 Å². The number of thiophene rings is 1. The Labute approximate surface area is 133 Å². The van der Waals surface area contributed by atoms with Crippen molar-refractivity contribution in [3.05, 3.63) is 54.6 Å². The molecule has 0 N–H and O–H groups in total. The van der Waals surface area contributed by atoms with Gasteiger partial charge in [-0.05, 0) is 73.5 Å². The lowest BCUT2D eigenvalue weighted by atomic mass is 10.1. The van der Waals surface area contributed by atoms with Gasteiger partial charge in [0.15, 0.2) is 0 Å². The lowest BCUT2D eigenvalue weighted by molar-refractivity contribution is 0.0784. The summed E-state index contributed by atoms with van der Waals surface area (Å²) in [6, 6.07) is 7.82. The summed E-state index contributed by atoms with van der Waals surface area (Å²) in [5, 5.41) is 2.05. The number of carbonyl (C=O) groups is 1. The molecule has 1 aromatic carbocycles. The zero-order valence-electron chi connectivity index (χ0n) is 10.6. The predicted molar refractivity (Wildman–Crippen MR) is 86.7 cm³/mol. The van der Waals surface area contributed by atoms with E-state index in [0.29, 0.717) is 12.1 Å². The Kier molecular flexibility index (Phi) is 4.81. The molecular weight excluding hydrogens is 390 g/mol. The van der Waals surface area contributed by atoms with Crippen LogP contribution in [0.4, 0.5) is 0 Å². The lowest BCUT2D eigenvalue weighted by Crippen LogP contribution is -2.26. The summed E-state index contributed by atoms with van der Waals surface area (Å²) in [7, 11) is 1.82. The number of hydrogen-bond donors (Lipinski definition) is 0. The Morgan fingerprint density at radius 1 is 1.32 bits per heavy atom. The fourth-order valence-electron chi connectivity index (χ4n) is 1.77. The fraction of sp³-hybridized carbons (Fsp3) is 0.214. The van der Waals surface area contributed by atoms with Gasteiger partial charge in [-0.15, -0.1) is 11.3 Å². The third-order valence-electron chi connectivity index (χ3n) is 2.74. The Balaban J connectivity index is 2.14. The molecule has 0 spiro atoms. The third-order valence-corrected chi connectivity index (χ3v) is 4.95. The Hall–Kier alpha value is -0.650. The quantitative estimate of drug-likeness (QED) is 0.718. The van der Waals surface area contributed by atoms with Crippen molar-refractivity contribution < 1.29 is 4.79 Å². The van der Waals surface area contributed by atoms with E-state index >= 15 is 0 Å². The van der Waals surface area contributed by atoms with Gasteiger partial charge in [-0.2, -0.15) is 0 Å². The summed E-state index contributed by atoms with van der Waals surface area (Å²) >= 11 is 8.51.